The molecule has 0 aliphatic rings. The first-order chi connectivity index (χ1) is 7.84. The summed E-state index contributed by atoms with van der Waals surface area (Å²) in [5.74, 6) is 0.794. The molecule has 0 unspecified atom stereocenters. The summed E-state index contributed by atoms with van der Waals surface area (Å²) >= 11 is 0. The first-order valence-corrected chi connectivity index (χ1v) is 5.36. The zero-order valence-electron chi connectivity index (χ0n) is 8.95. The van der Waals surface area contributed by atoms with Crippen molar-refractivity contribution in [1.29, 1.82) is 0 Å². The van der Waals surface area contributed by atoms with Crippen molar-refractivity contribution in [2.45, 2.75) is 12.8 Å². The van der Waals surface area contributed by atoms with Crippen LogP contribution in [0.1, 0.15) is 12.2 Å². The molecule has 1 N–H and O–H groups in total. The molecule has 16 heavy (non-hydrogen) atoms. The number of nitrogens with one attached hydrogen (secondary N) is 1. The van der Waals surface area contributed by atoms with Gasteiger partial charge in [-0.25, -0.2) is 4.39 Å². The average molecular weight is 219 g/mol. The third kappa shape index (κ3) is 3.12. The van der Waals surface area contributed by atoms with Crippen molar-refractivity contribution in [3.63, 3.8) is 0 Å². The molecule has 1 aromatic carbocycles. The normalized spacial score (nSPS) is 10.3. The van der Waals surface area contributed by atoms with Crippen LogP contribution in [0.4, 0.5) is 10.1 Å². The highest BCUT2D eigenvalue weighted by Crippen LogP contribution is 2.09. The van der Waals surface area contributed by atoms with E-state index >= 15 is 0 Å². The maximum atomic E-state index is 12.6. The minimum absolute atomic E-state index is 0.207. The molecular weight excluding hydrogens is 205 g/mol. The largest absolute Gasteiger partial charge is 0.469 e. The predicted octanol–water partition coefficient (Wildman–Crippen LogP) is 3.46. The fourth-order valence-electron chi connectivity index (χ4n) is 1.52. The zero-order chi connectivity index (χ0) is 11.2. The first-order valence-electron chi connectivity index (χ1n) is 5.36. The van der Waals surface area contributed by atoms with Crippen molar-refractivity contribution in [3.8, 4) is 0 Å². The topological polar surface area (TPSA) is 25.2 Å². The highest BCUT2D eigenvalue weighted by molar-refractivity contribution is 5.42. The number of hydrogen-bond acceptors (Lipinski definition) is 2. The van der Waals surface area contributed by atoms with E-state index in [1.807, 2.05) is 12.1 Å². The molecule has 1 aromatic heterocycles. The van der Waals surface area contributed by atoms with Crippen molar-refractivity contribution < 1.29 is 8.81 Å². The minimum atomic E-state index is -0.207. The molecule has 0 aliphatic carbocycles. The lowest BCUT2D eigenvalue weighted by atomic mass is 10.2. The molecule has 0 spiro atoms. The van der Waals surface area contributed by atoms with Crippen LogP contribution in [-0.4, -0.2) is 6.54 Å². The molecular formula is C13H14FNO. The van der Waals surface area contributed by atoms with Crippen LogP contribution in [0, 0.1) is 5.82 Å². The van der Waals surface area contributed by atoms with Gasteiger partial charge in [-0.05, 0) is 42.8 Å². The fourth-order valence-corrected chi connectivity index (χ4v) is 1.52. The van der Waals surface area contributed by atoms with E-state index in [-0.39, 0.29) is 5.82 Å². The van der Waals surface area contributed by atoms with Crippen LogP contribution in [0.3, 0.4) is 0 Å². The summed E-state index contributed by atoms with van der Waals surface area (Å²) < 4.78 is 17.8. The maximum absolute atomic E-state index is 12.6. The number of furan rings is 1. The Morgan fingerprint density at radius 3 is 2.62 bits per heavy atom. The van der Waals surface area contributed by atoms with Crippen LogP contribution in [0.15, 0.2) is 47.1 Å². The molecule has 1 heterocycles. The van der Waals surface area contributed by atoms with Gasteiger partial charge in [0.05, 0.1) is 6.26 Å². The van der Waals surface area contributed by atoms with Crippen molar-refractivity contribution in [1.82, 2.24) is 0 Å². The number of halogens is 1. The van der Waals surface area contributed by atoms with E-state index < -0.39 is 0 Å². The number of rotatable bonds is 5. The van der Waals surface area contributed by atoms with Crippen molar-refractivity contribution in [2.24, 2.45) is 0 Å². The van der Waals surface area contributed by atoms with Gasteiger partial charge < -0.3 is 9.73 Å². The molecule has 2 nitrogen and oxygen atoms in total. The van der Waals surface area contributed by atoms with Gasteiger partial charge in [-0.3, -0.25) is 0 Å². The van der Waals surface area contributed by atoms with Gasteiger partial charge >= 0.3 is 0 Å². The van der Waals surface area contributed by atoms with Crippen molar-refractivity contribution in [2.75, 3.05) is 11.9 Å². The van der Waals surface area contributed by atoms with Gasteiger partial charge in [0.1, 0.15) is 11.6 Å². The Hall–Kier alpha value is -1.77. The molecule has 0 saturated heterocycles. The molecule has 3 heteroatoms. The second kappa shape index (κ2) is 5.35. The molecule has 84 valence electrons. The van der Waals surface area contributed by atoms with Crippen LogP contribution in [0.5, 0.6) is 0 Å². The maximum Gasteiger partial charge on any atom is 0.123 e. The Balaban J connectivity index is 1.70. The van der Waals surface area contributed by atoms with E-state index in [4.69, 9.17) is 4.42 Å². The van der Waals surface area contributed by atoms with E-state index in [2.05, 4.69) is 5.32 Å². The van der Waals surface area contributed by atoms with Gasteiger partial charge in [0.15, 0.2) is 0 Å². The summed E-state index contributed by atoms with van der Waals surface area (Å²) in [7, 11) is 0. The van der Waals surface area contributed by atoms with E-state index in [0.29, 0.717) is 0 Å². The summed E-state index contributed by atoms with van der Waals surface area (Å²) in [5.41, 5.74) is 0.945. The van der Waals surface area contributed by atoms with E-state index in [0.717, 1.165) is 30.8 Å². The van der Waals surface area contributed by atoms with E-state index in [1.54, 1.807) is 18.4 Å². The summed E-state index contributed by atoms with van der Waals surface area (Å²) in [6, 6.07) is 10.2. The van der Waals surface area contributed by atoms with Gasteiger partial charge in [-0.2, -0.15) is 0 Å². The van der Waals surface area contributed by atoms with Gasteiger partial charge in [0.25, 0.3) is 0 Å². The quantitative estimate of drug-likeness (QED) is 0.779. The molecule has 0 saturated carbocycles. The summed E-state index contributed by atoms with van der Waals surface area (Å²) in [4.78, 5) is 0. The summed E-state index contributed by atoms with van der Waals surface area (Å²) in [5, 5.41) is 3.23. The van der Waals surface area contributed by atoms with Crippen molar-refractivity contribution in [3.05, 3.63) is 54.2 Å². The molecule has 0 fully saturated rings. The fraction of sp³-hybridized carbons (Fsp3) is 0.231. The Kier molecular flexibility index (Phi) is 3.59. The van der Waals surface area contributed by atoms with Crippen LogP contribution < -0.4 is 5.32 Å². The molecule has 2 rings (SSSR count). The molecule has 0 bridgehead atoms. The average Bonchev–Trinajstić information content (AvgIpc) is 2.80. The van der Waals surface area contributed by atoms with Crippen LogP contribution >= 0.6 is 0 Å². The SMILES string of the molecule is Fc1ccc(NCCCc2ccco2)cc1. The summed E-state index contributed by atoms with van der Waals surface area (Å²) in [6.45, 7) is 0.854. The smallest absolute Gasteiger partial charge is 0.123 e. The molecule has 0 radical (unpaired) electrons. The van der Waals surface area contributed by atoms with E-state index in [9.17, 15) is 4.39 Å². The molecule has 2 aromatic rings. The minimum Gasteiger partial charge on any atom is -0.469 e. The van der Waals surface area contributed by atoms with E-state index in [1.165, 1.54) is 12.1 Å². The number of aryl methyl sites for hydroxylation is 1. The van der Waals surface area contributed by atoms with Crippen LogP contribution in [0.2, 0.25) is 0 Å². The molecule has 0 aliphatic heterocycles. The number of hydrogen-bond donors (Lipinski definition) is 1. The third-order valence-electron chi connectivity index (χ3n) is 2.35. The molecule has 0 atom stereocenters. The third-order valence-corrected chi connectivity index (χ3v) is 2.35. The summed E-state index contributed by atoms with van der Waals surface area (Å²) in [6.07, 6.45) is 3.59. The van der Waals surface area contributed by atoms with Crippen molar-refractivity contribution >= 4 is 5.69 Å². The standard InChI is InChI=1S/C13H14FNO/c14-11-5-7-12(8-6-11)15-9-1-3-13-4-2-10-16-13/h2,4-8,10,15H,1,3,9H2. The predicted molar refractivity (Wildman–Crippen MR) is 61.9 cm³/mol. The van der Waals surface area contributed by atoms with Gasteiger partial charge in [0, 0.05) is 18.7 Å². The van der Waals surface area contributed by atoms with Gasteiger partial charge in [0.2, 0.25) is 0 Å². The highest BCUT2D eigenvalue weighted by Gasteiger charge is 1.96. The lowest BCUT2D eigenvalue weighted by Gasteiger charge is -2.04. The second-order valence-electron chi connectivity index (χ2n) is 3.62. The lowest BCUT2D eigenvalue weighted by Crippen LogP contribution is -2.02. The van der Waals surface area contributed by atoms with Gasteiger partial charge in [-0.15, -0.1) is 0 Å². The number of benzene rings is 1. The first kappa shape index (κ1) is 10.7. The van der Waals surface area contributed by atoms with Crippen LogP contribution in [0.25, 0.3) is 0 Å². The Morgan fingerprint density at radius 2 is 1.94 bits per heavy atom. The number of anilines is 1. The van der Waals surface area contributed by atoms with Gasteiger partial charge in [-0.1, -0.05) is 0 Å². The Labute approximate surface area is 94.1 Å². The Bertz CT molecular complexity index is 408. The van der Waals surface area contributed by atoms with Crippen LogP contribution in [-0.2, 0) is 6.42 Å². The lowest BCUT2D eigenvalue weighted by molar-refractivity contribution is 0.504. The second-order valence-corrected chi connectivity index (χ2v) is 3.62. The molecule has 0 amide bonds. The zero-order valence-corrected chi connectivity index (χ0v) is 8.95. The Morgan fingerprint density at radius 1 is 1.12 bits per heavy atom. The highest BCUT2D eigenvalue weighted by atomic mass is 19.1. The monoisotopic (exact) mass is 219 g/mol.